The fourth-order valence-electron chi connectivity index (χ4n) is 2.32. The fourth-order valence-corrected chi connectivity index (χ4v) is 2.32. The quantitative estimate of drug-likeness (QED) is 0.510. The molecule has 0 aliphatic rings. The van der Waals surface area contributed by atoms with Crippen LogP contribution in [0.4, 0.5) is 0 Å². The van der Waals surface area contributed by atoms with Crippen LogP contribution in [0.1, 0.15) is 32.3 Å². The molecule has 0 amide bonds. The van der Waals surface area contributed by atoms with Gasteiger partial charge >= 0.3 is 0 Å². The highest BCUT2D eigenvalue weighted by atomic mass is 16.5. The Morgan fingerprint density at radius 1 is 1.21 bits per heavy atom. The maximum atomic E-state index is 5.78. The largest absolute Gasteiger partial charge is 0.492 e. The summed E-state index contributed by atoms with van der Waals surface area (Å²) < 4.78 is 5.78. The van der Waals surface area contributed by atoms with Crippen molar-refractivity contribution in [2.45, 2.75) is 33.2 Å². The van der Waals surface area contributed by atoms with Gasteiger partial charge in [0.25, 0.3) is 0 Å². The molecular weight excluding hydrogens is 300 g/mol. The number of nitrogens with zero attached hydrogens (tertiary/aromatic N) is 2. The summed E-state index contributed by atoms with van der Waals surface area (Å²) in [6, 6.07) is 8.21. The lowest BCUT2D eigenvalue weighted by molar-refractivity contribution is 0.261. The Morgan fingerprint density at radius 3 is 2.58 bits per heavy atom. The van der Waals surface area contributed by atoms with Crippen molar-refractivity contribution in [2.24, 2.45) is 10.9 Å². The molecule has 136 valence electrons. The summed E-state index contributed by atoms with van der Waals surface area (Å²) >= 11 is 0. The van der Waals surface area contributed by atoms with Crippen LogP contribution in [0.2, 0.25) is 0 Å². The Labute approximate surface area is 147 Å². The average molecular weight is 335 g/mol. The van der Waals surface area contributed by atoms with E-state index in [9.17, 15) is 0 Å². The molecule has 0 atom stereocenters. The van der Waals surface area contributed by atoms with Crippen LogP contribution < -0.4 is 15.4 Å². The third kappa shape index (κ3) is 8.20. The number of rotatable bonds is 10. The van der Waals surface area contributed by atoms with E-state index in [1.807, 2.05) is 33.3 Å². The van der Waals surface area contributed by atoms with Crippen LogP contribution in [0.25, 0.3) is 0 Å². The second-order valence-corrected chi connectivity index (χ2v) is 6.29. The zero-order valence-corrected chi connectivity index (χ0v) is 15.9. The lowest BCUT2D eigenvalue weighted by atomic mass is 10.0. The van der Waals surface area contributed by atoms with Gasteiger partial charge in [-0.15, -0.1) is 0 Å². The van der Waals surface area contributed by atoms with Gasteiger partial charge in [-0.1, -0.05) is 38.8 Å². The highest BCUT2D eigenvalue weighted by Gasteiger charge is 2.05. The van der Waals surface area contributed by atoms with Gasteiger partial charge < -0.3 is 20.3 Å². The van der Waals surface area contributed by atoms with E-state index in [1.165, 1.54) is 18.4 Å². The zero-order chi connectivity index (χ0) is 17.8. The van der Waals surface area contributed by atoms with Crippen LogP contribution in [0, 0.1) is 5.92 Å². The zero-order valence-electron chi connectivity index (χ0n) is 15.9. The van der Waals surface area contributed by atoms with Crippen LogP contribution >= 0.6 is 0 Å². The number of guanidine groups is 1. The monoisotopic (exact) mass is 334 g/mol. The van der Waals surface area contributed by atoms with Gasteiger partial charge in [0.05, 0.1) is 0 Å². The van der Waals surface area contributed by atoms with E-state index >= 15 is 0 Å². The van der Waals surface area contributed by atoms with Gasteiger partial charge in [0, 0.05) is 26.7 Å². The van der Waals surface area contributed by atoms with E-state index in [0.717, 1.165) is 31.3 Å². The van der Waals surface area contributed by atoms with Gasteiger partial charge in [-0.25, -0.2) is 0 Å². The summed E-state index contributed by atoms with van der Waals surface area (Å²) in [6.45, 7) is 7.76. The van der Waals surface area contributed by atoms with Crippen LogP contribution in [-0.2, 0) is 6.54 Å². The molecule has 24 heavy (non-hydrogen) atoms. The predicted octanol–water partition coefficient (Wildman–Crippen LogP) is 2.73. The van der Waals surface area contributed by atoms with Crippen molar-refractivity contribution < 1.29 is 4.74 Å². The van der Waals surface area contributed by atoms with Crippen LogP contribution in [-0.4, -0.2) is 51.7 Å². The van der Waals surface area contributed by atoms with E-state index in [2.05, 4.69) is 46.5 Å². The second-order valence-electron chi connectivity index (χ2n) is 6.29. The smallest absolute Gasteiger partial charge is 0.191 e. The minimum atomic E-state index is 0.692. The van der Waals surface area contributed by atoms with Gasteiger partial charge in [-0.2, -0.15) is 0 Å². The molecule has 0 saturated carbocycles. The Balaban J connectivity index is 2.44. The van der Waals surface area contributed by atoms with Crippen LogP contribution in [0.5, 0.6) is 5.75 Å². The Bertz CT molecular complexity index is 484. The number of hydrogen-bond acceptors (Lipinski definition) is 3. The van der Waals surface area contributed by atoms with Crippen molar-refractivity contribution in [1.82, 2.24) is 15.5 Å². The summed E-state index contributed by atoms with van der Waals surface area (Å²) in [6.07, 6.45) is 2.37. The summed E-state index contributed by atoms with van der Waals surface area (Å²) in [5, 5.41) is 6.77. The third-order valence-corrected chi connectivity index (χ3v) is 4.10. The SMILES string of the molecule is CCC(CC)CNC(=NC)NCc1cccc(OCCN(C)C)c1. The molecule has 0 unspecified atom stereocenters. The van der Waals surface area contributed by atoms with Crippen molar-refractivity contribution in [1.29, 1.82) is 0 Å². The average Bonchev–Trinajstić information content (AvgIpc) is 2.58. The molecule has 0 fully saturated rings. The molecule has 0 saturated heterocycles. The molecule has 0 radical (unpaired) electrons. The van der Waals surface area contributed by atoms with Crippen molar-refractivity contribution >= 4 is 5.96 Å². The maximum absolute atomic E-state index is 5.78. The van der Waals surface area contributed by atoms with E-state index < -0.39 is 0 Å². The molecule has 0 spiro atoms. The normalized spacial score (nSPS) is 11.9. The standard InChI is InChI=1S/C19H34N4O/c1-6-16(7-2)14-21-19(20-3)22-15-17-9-8-10-18(13-17)24-12-11-23(4)5/h8-10,13,16H,6-7,11-12,14-15H2,1-5H3,(H2,20,21,22). The van der Waals surface area contributed by atoms with Gasteiger partial charge in [0.15, 0.2) is 5.96 Å². The Morgan fingerprint density at radius 2 is 1.96 bits per heavy atom. The molecule has 1 aromatic carbocycles. The lowest BCUT2D eigenvalue weighted by Crippen LogP contribution is -2.39. The molecule has 1 aromatic rings. The van der Waals surface area contributed by atoms with Crippen molar-refractivity contribution in [3.05, 3.63) is 29.8 Å². The van der Waals surface area contributed by atoms with Gasteiger partial charge in [-0.05, 0) is 37.7 Å². The first-order chi connectivity index (χ1) is 11.6. The first-order valence-electron chi connectivity index (χ1n) is 8.90. The number of hydrogen-bond donors (Lipinski definition) is 2. The number of nitrogens with one attached hydrogen (secondary N) is 2. The summed E-state index contributed by atoms with van der Waals surface area (Å²) in [5.74, 6) is 2.45. The van der Waals surface area contributed by atoms with Crippen molar-refractivity contribution in [2.75, 3.05) is 40.8 Å². The third-order valence-electron chi connectivity index (χ3n) is 4.10. The molecule has 5 heteroatoms. The first kappa shape index (κ1) is 20.3. The Kier molecular flexibility index (Phi) is 9.92. The van der Waals surface area contributed by atoms with E-state index in [4.69, 9.17) is 4.74 Å². The lowest BCUT2D eigenvalue weighted by Gasteiger charge is -2.17. The maximum Gasteiger partial charge on any atom is 0.191 e. The summed E-state index contributed by atoms with van der Waals surface area (Å²) in [7, 11) is 5.90. The fraction of sp³-hybridized carbons (Fsp3) is 0.632. The molecule has 0 aliphatic heterocycles. The number of likely N-dealkylation sites (N-methyl/N-ethyl adjacent to an activating group) is 1. The number of aliphatic imine (C=N–C) groups is 1. The van der Waals surface area contributed by atoms with Gasteiger partial charge in [-0.3, -0.25) is 4.99 Å². The molecule has 2 N–H and O–H groups in total. The number of benzene rings is 1. The summed E-state index contributed by atoms with van der Waals surface area (Å²) in [5.41, 5.74) is 1.18. The van der Waals surface area contributed by atoms with Crippen LogP contribution in [0.15, 0.2) is 29.3 Å². The number of ether oxygens (including phenoxy) is 1. The van der Waals surface area contributed by atoms with Crippen LogP contribution in [0.3, 0.4) is 0 Å². The van der Waals surface area contributed by atoms with E-state index in [0.29, 0.717) is 12.5 Å². The van der Waals surface area contributed by atoms with Gasteiger partial charge in [0.2, 0.25) is 0 Å². The molecule has 5 nitrogen and oxygen atoms in total. The Hall–Kier alpha value is -1.75. The van der Waals surface area contributed by atoms with Crippen molar-refractivity contribution in [3.63, 3.8) is 0 Å². The summed E-state index contributed by atoms with van der Waals surface area (Å²) in [4.78, 5) is 6.40. The minimum Gasteiger partial charge on any atom is -0.492 e. The van der Waals surface area contributed by atoms with E-state index in [1.54, 1.807) is 0 Å². The van der Waals surface area contributed by atoms with Gasteiger partial charge in [0.1, 0.15) is 12.4 Å². The second kappa shape index (κ2) is 11.7. The highest BCUT2D eigenvalue weighted by Crippen LogP contribution is 2.13. The predicted molar refractivity (Wildman–Crippen MR) is 103 cm³/mol. The minimum absolute atomic E-state index is 0.692. The topological polar surface area (TPSA) is 48.9 Å². The molecule has 1 rings (SSSR count). The molecule has 0 aliphatic carbocycles. The first-order valence-corrected chi connectivity index (χ1v) is 8.90. The molecule has 0 aromatic heterocycles. The van der Waals surface area contributed by atoms with Crippen molar-refractivity contribution in [3.8, 4) is 5.75 Å². The molecular formula is C19H34N4O. The molecule has 0 bridgehead atoms. The van der Waals surface area contributed by atoms with E-state index in [-0.39, 0.29) is 0 Å². The highest BCUT2D eigenvalue weighted by molar-refractivity contribution is 5.79. The molecule has 0 heterocycles.